The first kappa shape index (κ1) is 15.5. The predicted molar refractivity (Wildman–Crippen MR) is 87.5 cm³/mol. The second-order valence-electron chi connectivity index (χ2n) is 5.46. The van der Waals surface area contributed by atoms with E-state index in [0.717, 1.165) is 22.8 Å². The average molecular weight is 330 g/mol. The molecule has 0 atom stereocenters. The third-order valence-corrected chi connectivity index (χ3v) is 4.36. The highest BCUT2D eigenvalue weighted by Crippen LogP contribution is 2.16. The van der Waals surface area contributed by atoms with Gasteiger partial charge in [0.1, 0.15) is 17.0 Å². The Balaban J connectivity index is 1.80. The van der Waals surface area contributed by atoms with Gasteiger partial charge in [0.2, 0.25) is 0 Å². The Bertz CT molecular complexity index is 837. The summed E-state index contributed by atoms with van der Waals surface area (Å²) in [4.78, 5) is 25.2. The lowest BCUT2D eigenvalue weighted by Crippen LogP contribution is -2.24. The Hall–Kier alpha value is -2.35. The number of aromatic nitrogens is 5. The molecule has 0 radical (unpaired) electrons. The van der Waals surface area contributed by atoms with Gasteiger partial charge in [0.25, 0.3) is 11.7 Å². The van der Waals surface area contributed by atoms with Crippen LogP contribution in [0.5, 0.6) is 0 Å². The van der Waals surface area contributed by atoms with Crippen LogP contribution in [0.4, 0.5) is 0 Å². The summed E-state index contributed by atoms with van der Waals surface area (Å²) in [5.74, 6) is 0.411. The quantitative estimate of drug-likeness (QED) is 0.775. The number of carbonyl (C=O) groups is 1. The van der Waals surface area contributed by atoms with Crippen molar-refractivity contribution in [2.45, 2.75) is 39.7 Å². The van der Waals surface area contributed by atoms with Gasteiger partial charge in [-0.2, -0.15) is 10.1 Å². The first-order chi connectivity index (χ1) is 11.1. The van der Waals surface area contributed by atoms with Crippen molar-refractivity contribution >= 4 is 23.0 Å². The van der Waals surface area contributed by atoms with E-state index in [1.807, 2.05) is 19.2 Å². The van der Waals surface area contributed by atoms with Crippen LogP contribution in [0.25, 0.3) is 5.78 Å². The summed E-state index contributed by atoms with van der Waals surface area (Å²) >= 11 is 1.55. The molecule has 7 nitrogen and oxygen atoms in total. The number of amides is 1. The monoisotopic (exact) mass is 330 g/mol. The lowest BCUT2D eigenvalue weighted by molar-refractivity contribution is 0.0945. The Morgan fingerprint density at radius 1 is 1.39 bits per heavy atom. The van der Waals surface area contributed by atoms with Crippen molar-refractivity contribution in [2.75, 3.05) is 0 Å². The van der Waals surface area contributed by atoms with Gasteiger partial charge in [-0.25, -0.2) is 14.5 Å². The minimum atomic E-state index is -0.231. The molecule has 1 N–H and O–H groups in total. The van der Waals surface area contributed by atoms with Crippen LogP contribution in [0.2, 0.25) is 0 Å². The fourth-order valence-electron chi connectivity index (χ4n) is 2.20. The van der Waals surface area contributed by atoms with Gasteiger partial charge in [0, 0.05) is 5.38 Å². The molecule has 0 aliphatic heterocycles. The highest BCUT2D eigenvalue weighted by molar-refractivity contribution is 7.09. The third kappa shape index (κ3) is 3.21. The standard InChI is InChI=1S/C15H18N6OS/c1-4-10-7-23-13(19-10)6-16-14(22)11-5-12(9(2)3)21-15(20-11)17-8-18-21/h5,7-9H,4,6H2,1-3H3,(H,16,22). The zero-order chi connectivity index (χ0) is 16.4. The number of thiazole rings is 1. The van der Waals surface area contributed by atoms with E-state index in [4.69, 9.17) is 0 Å². The van der Waals surface area contributed by atoms with E-state index in [1.54, 1.807) is 21.9 Å². The highest BCUT2D eigenvalue weighted by atomic mass is 32.1. The number of aryl methyl sites for hydroxylation is 1. The second kappa shape index (κ2) is 6.41. The largest absolute Gasteiger partial charge is 0.344 e. The second-order valence-corrected chi connectivity index (χ2v) is 6.40. The molecule has 0 fully saturated rings. The maximum atomic E-state index is 12.4. The van der Waals surface area contributed by atoms with Gasteiger partial charge < -0.3 is 5.32 Å². The molecule has 120 valence electrons. The van der Waals surface area contributed by atoms with Gasteiger partial charge in [-0.05, 0) is 18.4 Å². The normalized spacial score (nSPS) is 11.3. The van der Waals surface area contributed by atoms with Crippen LogP contribution in [-0.4, -0.2) is 30.5 Å². The molecule has 0 aliphatic carbocycles. The Morgan fingerprint density at radius 2 is 2.22 bits per heavy atom. The van der Waals surface area contributed by atoms with Crippen molar-refractivity contribution in [1.82, 2.24) is 29.9 Å². The summed E-state index contributed by atoms with van der Waals surface area (Å²) in [6.07, 6.45) is 2.34. The number of nitrogens with zero attached hydrogens (tertiary/aromatic N) is 5. The molecule has 23 heavy (non-hydrogen) atoms. The van der Waals surface area contributed by atoms with Gasteiger partial charge in [-0.1, -0.05) is 20.8 Å². The minimum absolute atomic E-state index is 0.208. The van der Waals surface area contributed by atoms with Crippen molar-refractivity contribution in [3.63, 3.8) is 0 Å². The zero-order valence-corrected chi connectivity index (χ0v) is 14.1. The molecule has 3 heterocycles. The van der Waals surface area contributed by atoms with Crippen molar-refractivity contribution < 1.29 is 4.79 Å². The van der Waals surface area contributed by atoms with Crippen molar-refractivity contribution in [1.29, 1.82) is 0 Å². The molecule has 0 saturated carbocycles. The molecule has 3 aromatic rings. The van der Waals surface area contributed by atoms with Gasteiger partial charge in [0.05, 0.1) is 17.9 Å². The minimum Gasteiger partial charge on any atom is -0.344 e. The maximum Gasteiger partial charge on any atom is 0.270 e. The van der Waals surface area contributed by atoms with E-state index in [0.29, 0.717) is 18.0 Å². The zero-order valence-electron chi connectivity index (χ0n) is 13.3. The topological polar surface area (TPSA) is 85.1 Å². The van der Waals surface area contributed by atoms with Crippen LogP contribution >= 0.6 is 11.3 Å². The molecule has 3 rings (SSSR count). The van der Waals surface area contributed by atoms with Gasteiger partial charge in [-0.3, -0.25) is 4.79 Å². The lowest BCUT2D eigenvalue weighted by Gasteiger charge is -2.09. The summed E-state index contributed by atoms with van der Waals surface area (Å²) in [5, 5.41) is 9.92. The number of nitrogens with one attached hydrogen (secondary N) is 1. The van der Waals surface area contributed by atoms with Crippen LogP contribution < -0.4 is 5.32 Å². The number of fused-ring (bicyclic) bond motifs is 1. The van der Waals surface area contributed by atoms with Crippen molar-refractivity contribution in [3.05, 3.63) is 39.9 Å². The van der Waals surface area contributed by atoms with Crippen LogP contribution in [0.15, 0.2) is 17.8 Å². The van der Waals surface area contributed by atoms with E-state index in [2.05, 4.69) is 32.3 Å². The SMILES string of the molecule is CCc1csc(CNC(=O)c2cc(C(C)C)n3ncnc3n2)n1. The molecule has 0 bridgehead atoms. The van der Waals surface area contributed by atoms with Gasteiger partial charge in [-0.15, -0.1) is 11.3 Å². The molecule has 0 aromatic carbocycles. The van der Waals surface area contributed by atoms with Gasteiger partial charge >= 0.3 is 0 Å². The van der Waals surface area contributed by atoms with Crippen molar-refractivity contribution in [3.8, 4) is 0 Å². The molecule has 0 unspecified atom stereocenters. The van der Waals surface area contributed by atoms with E-state index >= 15 is 0 Å². The first-order valence-electron chi connectivity index (χ1n) is 7.50. The molecular formula is C15H18N6OS. The molecule has 8 heteroatoms. The van der Waals surface area contributed by atoms with Crippen LogP contribution in [0.3, 0.4) is 0 Å². The summed E-state index contributed by atoms with van der Waals surface area (Å²) < 4.78 is 1.66. The summed E-state index contributed by atoms with van der Waals surface area (Å²) in [7, 11) is 0. The van der Waals surface area contributed by atoms with Crippen LogP contribution in [0, 0.1) is 0 Å². The van der Waals surface area contributed by atoms with E-state index in [-0.39, 0.29) is 11.8 Å². The summed E-state index contributed by atoms with van der Waals surface area (Å²) in [5.41, 5.74) is 2.30. The fraction of sp³-hybridized carbons (Fsp3) is 0.400. The molecule has 1 amide bonds. The van der Waals surface area contributed by atoms with E-state index < -0.39 is 0 Å². The number of rotatable bonds is 5. The smallest absolute Gasteiger partial charge is 0.270 e. The van der Waals surface area contributed by atoms with Crippen molar-refractivity contribution in [2.24, 2.45) is 0 Å². The number of carbonyl (C=O) groups excluding carboxylic acids is 1. The summed E-state index contributed by atoms with van der Waals surface area (Å²) in [6, 6.07) is 1.76. The van der Waals surface area contributed by atoms with Gasteiger partial charge in [0.15, 0.2) is 0 Å². The first-order valence-corrected chi connectivity index (χ1v) is 8.38. The van der Waals surface area contributed by atoms with E-state index in [9.17, 15) is 4.79 Å². The van der Waals surface area contributed by atoms with E-state index in [1.165, 1.54) is 6.33 Å². The Labute approximate surface area is 137 Å². The fourth-order valence-corrected chi connectivity index (χ4v) is 3.02. The van der Waals surface area contributed by atoms with Crippen LogP contribution in [-0.2, 0) is 13.0 Å². The Morgan fingerprint density at radius 3 is 2.91 bits per heavy atom. The molecule has 0 aliphatic rings. The number of hydrogen-bond donors (Lipinski definition) is 1. The highest BCUT2D eigenvalue weighted by Gasteiger charge is 2.15. The number of hydrogen-bond acceptors (Lipinski definition) is 6. The lowest BCUT2D eigenvalue weighted by atomic mass is 10.1. The molecular weight excluding hydrogens is 312 g/mol. The summed E-state index contributed by atoms with van der Waals surface area (Å²) in [6.45, 7) is 6.54. The molecule has 0 saturated heterocycles. The molecule has 3 aromatic heterocycles. The molecule has 0 spiro atoms. The predicted octanol–water partition coefficient (Wildman–Crippen LogP) is 2.20. The van der Waals surface area contributed by atoms with Crippen LogP contribution in [0.1, 0.15) is 53.6 Å². The Kier molecular flexibility index (Phi) is 4.33. The third-order valence-electron chi connectivity index (χ3n) is 3.47. The average Bonchev–Trinajstić information content (AvgIpc) is 3.19. The maximum absolute atomic E-state index is 12.4.